The van der Waals surface area contributed by atoms with Crippen molar-refractivity contribution in [3.63, 3.8) is 0 Å². The van der Waals surface area contributed by atoms with E-state index in [0.29, 0.717) is 5.92 Å². The summed E-state index contributed by atoms with van der Waals surface area (Å²) in [6.07, 6.45) is 2.04. The van der Waals surface area contributed by atoms with Crippen molar-refractivity contribution in [2.24, 2.45) is 5.92 Å². The van der Waals surface area contributed by atoms with E-state index in [1.807, 2.05) is 6.08 Å². The van der Waals surface area contributed by atoms with Gasteiger partial charge in [0.15, 0.2) is 0 Å². The number of rotatable bonds is 3. The fraction of sp³-hybridized carbons (Fsp3) is 0.750. The van der Waals surface area contributed by atoms with Crippen LogP contribution in [0.3, 0.4) is 0 Å². The molecule has 1 atom stereocenters. The third-order valence-electron chi connectivity index (χ3n) is 2.12. The van der Waals surface area contributed by atoms with E-state index in [0.717, 1.165) is 0 Å². The molecule has 1 heterocycles. The molecule has 0 radical (unpaired) electrons. The normalized spacial score (nSPS) is 25.1. The van der Waals surface area contributed by atoms with E-state index in [1.54, 1.807) is 0 Å². The Bertz CT molecular complexity index is 114. The summed E-state index contributed by atoms with van der Waals surface area (Å²) in [6, 6.07) is 0. The summed E-state index contributed by atoms with van der Waals surface area (Å²) in [5.41, 5.74) is 0. The summed E-state index contributed by atoms with van der Waals surface area (Å²) in [7, 11) is 2.31. The smallest absolute Gasteiger partial charge is 0.128 e. The van der Waals surface area contributed by atoms with Crippen LogP contribution >= 0.6 is 0 Å². The summed E-state index contributed by atoms with van der Waals surface area (Å²) >= 11 is 0. The highest BCUT2D eigenvalue weighted by Gasteiger charge is 2.37. The van der Waals surface area contributed by atoms with E-state index >= 15 is 0 Å². The zero-order chi connectivity index (χ0) is 6.91. The molecule has 1 rings (SSSR count). The summed E-state index contributed by atoms with van der Waals surface area (Å²) < 4.78 is 1.27. The van der Waals surface area contributed by atoms with Crippen molar-refractivity contribution in [3.05, 3.63) is 12.7 Å². The summed E-state index contributed by atoms with van der Waals surface area (Å²) in [4.78, 5) is 0. The largest absolute Gasteiger partial charge is 0.316 e. The molecule has 0 aliphatic carbocycles. The Balaban J connectivity index is 2.24. The lowest BCUT2D eigenvalue weighted by molar-refractivity contribution is -0.780. The van der Waals surface area contributed by atoms with Crippen molar-refractivity contribution in [2.75, 3.05) is 26.7 Å². The second-order valence-corrected chi connectivity index (χ2v) is 3.46. The fourth-order valence-corrected chi connectivity index (χ4v) is 1.12. The molecule has 0 bridgehead atoms. The molecular weight excluding hydrogens is 110 g/mol. The zero-order valence-corrected chi connectivity index (χ0v) is 6.43. The first-order valence-electron chi connectivity index (χ1n) is 3.62. The van der Waals surface area contributed by atoms with E-state index in [9.17, 15) is 0 Å². The first kappa shape index (κ1) is 6.81. The van der Waals surface area contributed by atoms with Crippen LogP contribution in [0.25, 0.3) is 0 Å². The first-order chi connectivity index (χ1) is 4.16. The highest BCUT2D eigenvalue weighted by Crippen LogP contribution is 2.19. The fourth-order valence-electron chi connectivity index (χ4n) is 1.12. The molecule has 1 aliphatic heterocycles. The second kappa shape index (κ2) is 2.14. The molecule has 1 fully saturated rings. The Morgan fingerprint density at radius 1 is 1.67 bits per heavy atom. The van der Waals surface area contributed by atoms with Crippen LogP contribution in [0.1, 0.15) is 6.92 Å². The maximum atomic E-state index is 3.76. The SMILES string of the molecule is C=CC(C)C[N+]1(C)CC1. The van der Waals surface area contributed by atoms with Crippen molar-refractivity contribution in [3.8, 4) is 0 Å². The van der Waals surface area contributed by atoms with Gasteiger partial charge in [0.25, 0.3) is 0 Å². The van der Waals surface area contributed by atoms with Crippen LogP contribution in [0.2, 0.25) is 0 Å². The second-order valence-electron chi connectivity index (χ2n) is 3.46. The highest BCUT2D eigenvalue weighted by atomic mass is 15.4. The Morgan fingerprint density at radius 3 is 2.56 bits per heavy atom. The number of nitrogens with zero attached hydrogens (tertiary/aromatic N) is 1. The maximum Gasteiger partial charge on any atom is 0.128 e. The minimum atomic E-state index is 0.692. The van der Waals surface area contributed by atoms with Crippen LogP contribution in [0.5, 0.6) is 0 Å². The molecule has 0 spiro atoms. The average Bonchev–Trinajstić information content (AvgIpc) is 2.48. The minimum absolute atomic E-state index is 0.692. The predicted octanol–water partition coefficient (Wildman–Crippen LogP) is 1.27. The lowest BCUT2D eigenvalue weighted by atomic mass is 10.2. The standard InChI is InChI=1S/C8H16N/c1-4-8(2)7-9(3)5-6-9/h4,8H,1,5-7H2,2-3H3/q+1. The van der Waals surface area contributed by atoms with E-state index in [1.165, 1.54) is 24.1 Å². The van der Waals surface area contributed by atoms with Gasteiger partial charge >= 0.3 is 0 Å². The van der Waals surface area contributed by atoms with Gasteiger partial charge in [-0.1, -0.05) is 13.0 Å². The molecule has 0 saturated carbocycles. The van der Waals surface area contributed by atoms with Gasteiger partial charge in [-0.25, -0.2) is 0 Å². The van der Waals surface area contributed by atoms with Crippen molar-refractivity contribution in [1.82, 2.24) is 0 Å². The molecule has 0 amide bonds. The number of hydrogen-bond acceptors (Lipinski definition) is 0. The molecule has 52 valence electrons. The van der Waals surface area contributed by atoms with Crippen LogP contribution in [-0.4, -0.2) is 31.2 Å². The minimum Gasteiger partial charge on any atom is -0.316 e. The Kier molecular flexibility index (Phi) is 1.62. The molecule has 0 aromatic rings. The number of likely N-dealkylation sites (N-methyl/N-ethyl adjacent to an activating group) is 1. The van der Waals surface area contributed by atoms with Gasteiger partial charge in [0, 0.05) is 5.92 Å². The van der Waals surface area contributed by atoms with Crippen LogP contribution in [0.4, 0.5) is 0 Å². The van der Waals surface area contributed by atoms with Gasteiger partial charge in [-0.2, -0.15) is 0 Å². The Hall–Kier alpha value is -0.300. The molecule has 1 nitrogen and oxygen atoms in total. The Morgan fingerprint density at radius 2 is 2.22 bits per heavy atom. The zero-order valence-electron chi connectivity index (χ0n) is 6.43. The van der Waals surface area contributed by atoms with Gasteiger partial charge < -0.3 is 4.48 Å². The quantitative estimate of drug-likeness (QED) is 0.303. The molecule has 0 N–H and O–H groups in total. The third kappa shape index (κ3) is 1.83. The summed E-state index contributed by atoms with van der Waals surface area (Å²) in [5, 5.41) is 0. The van der Waals surface area contributed by atoms with Crippen LogP contribution in [-0.2, 0) is 0 Å². The molecule has 1 heteroatoms. The first-order valence-corrected chi connectivity index (χ1v) is 3.62. The lowest BCUT2D eigenvalue weighted by Gasteiger charge is -2.13. The summed E-state index contributed by atoms with van der Waals surface area (Å²) in [6.45, 7) is 10.0. The van der Waals surface area contributed by atoms with Gasteiger partial charge in [-0.15, -0.1) is 6.58 Å². The monoisotopic (exact) mass is 126 g/mol. The van der Waals surface area contributed by atoms with Crippen molar-refractivity contribution in [1.29, 1.82) is 0 Å². The van der Waals surface area contributed by atoms with Crippen LogP contribution < -0.4 is 0 Å². The molecule has 1 aliphatic rings. The van der Waals surface area contributed by atoms with Crippen molar-refractivity contribution in [2.45, 2.75) is 6.92 Å². The topological polar surface area (TPSA) is 0 Å². The molecular formula is C8H16N+. The maximum absolute atomic E-state index is 3.76. The predicted molar refractivity (Wildman–Crippen MR) is 40.1 cm³/mol. The van der Waals surface area contributed by atoms with Gasteiger partial charge in [-0.3, -0.25) is 0 Å². The van der Waals surface area contributed by atoms with Gasteiger partial charge in [0.1, 0.15) is 13.1 Å². The molecule has 9 heavy (non-hydrogen) atoms. The van der Waals surface area contributed by atoms with Crippen LogP contribution in [0.15, 0.2) is 12.7 Å². The third-order valence-corrected chi connectivity index (χ3v) is 2.12. The van der Waals surface area contributed by atoms with Crippen molar-refractivity contribution >= 4 is 0 Å². The van der Waals surface area contributed by atoms with E-state index < -0.39 is 0 Å². The van der Waals surface area contributed by atoms with Gasteiger partial charge in [-0.05, 0) is 0 Å². The lowest BCUT2D eigenvalue weighted by Crippen LogP contribution is -2.25. The molecule has 1 saturated heterocycles. The molecule has 0 aromatic carbocycles. The average molecular weight is 126 g/mol. The van der Waals surface area contributed by atoms with Crippen molar-refractivity contribution < 1.29 is 4.48 Å². The van der Waals surface area contributed by atoms with Gasteiger partial charge in [0.2, 0.25) is 0 Å². The van der Waals surface area contributed by atoms with E-state index in [4.69, 9.17) is 0 Å². The van der Waals surface area contributed by atoms with Gasteiger partial charge in [0.05, 0.1) is 13.6 Å². The number of quaternary nitrogens is 1. The molecule has 1 unspecified atom stereocenters. The highest BCUT2D eigenvalue weighted by molar-refractivity contribution is 4.75. The Labute approximate surface area is 57.6 Å². The molecule has 0 aromatic heterocycles. The summed E-state index contributed by atoms with van der Waals surface area (Å²) in [5.74, 6) is 0.692. The van der Waals surface area contributed by atoms with E-state index in [-0.39, 0.29) is 0 Å². The number of hydrogen-bond donors (Lipinski definition) is 0. The van der Waals surface area contributed by atoms with Crippen LogP contribution in [0, 0.1) is 5.92 Å². The van der Waals surface area contributed by atoms with E-state index in [2.05, 4.69) is 20.6 Å².